The van der Waals surface area contributed by atoms with Crippen LogP contribution in [0.5, 0.6) is 0 Å². The van der Waals surface area contributed by atoms with Gasteiger partial charge in [-0.1, -0.05) is 11.3 Å². The third-order valence-electron chi connectivity index (χ3n) is 3.00. The molecule has 1 amide bonds. The molecule has 6 nitrogen and oxygen atoms in total. The highest BCUT2D eigenvalue weighted by Gasteiger charge is 2.18. The number of aryl methyl sites for hydroxylation is 1. The zero-order valence-corrected chi connectivity index (χ0v) is 12.8. The third kappa shape index (κ3) is 4.48. The molecule has 0 unspecified atom stereocenters. The van der Waals surface area contributed by atoms with E-state index >= 15 is 0 Å². The van der Waals surface area contributed by atoms with Gasteiger partial charge in [-0.15, -0.1) is 0 Å². The minimum atomic E-state index is -0.869. The SMILES string of the molecule is Cc1csc(=O)n1CC(=O)N(CCCC(=O)O)C(C)C. The van der Waals surface area contributed by atoms with Crippen LogP contribution in [0.4, 0.5) is 0 Å². The largest absolute Gasteiger partial charge is 0.481 e. The Balaban J connectivity index is 2.70. The van der Waals surface area contributed by atoms with Crippen molar-refractivity contribution < 1.29 is 14.7 Å². The van der Waals surface area contributed by atoms with Crippen LogP contribution >= 0.6 is 11.3 Å². The lowest BCUT2D eigenvalue weighted by atomic mass is 10.2. The van der Waals surface area contributed by atoms with E-state index in [0.717, 1.165) is 17.0 Å². The Labute approximate surface area is 121 Å². The number of aromatic nitrogens is 1. The summed E-state index contributed by atoms with van der Waals surface area (Å²) in [7, 11) is 0. The first-order valence-electron chi connectivity index (χ1n) is 6.49. The fourth-order valence-corrected chi connectivity index (χ4v) is 2.63. The van der Waals surface area contributed by atoms with Crippen LogP contribution in [0.15, 0.2) is 10.2 Å². The summed E-state index contributed by atoms with van der Waals surface area (Å²) in [4.78, 5) is 35.8. The number of thiazole rings is 1. The first-order chi connectivity index (χ1) is 9.32. The number of carbonyl (C=O) groups is 2. The van der Waals surface area contributed by atoms with Crippen LogP contribution in [0, 0.1) is 6.92 Å². The number of carboxylic acids is 1. The van der Waals surface area contributed by atoms with Crippen molar-refractivity contribution in [1.29, 1.82) is 0 Å². The molecule has 0 saturated carbocycles. The maximum absolute atomic E-state index is 12.3. The molecule has 1 aromatic rings. The molecule has 1 aromatic heterocycles. The second kappa shape index (κ2) is 7.23. The Morgan fingerprint density at radius 2 is 2.10 bits per heavy atom. The van der Waals surface area contributed by atoms with Gasteiger partial charge >= 0.3 is 10.8 Å². The van der Waals surface area contributed by atoms with Gasteiger partial charge in [0.15, 0.2) is 0 Å². The lowest BCUT2D eigenvalue weighted by molar-refractivity contribution is -0.138. The van der Waals surface area contributed by atoms with Gasteiger partial charge in [0, 0.05) is 30.1 Å². The molecule has 0 aromatic carbocycles. The molecule has 112 valence electrons. The van der Waals surface area contributed by atoms with Crippen molar-refractivity contribution in [2.45, 2.75) is 46.2 Å². The van der Waals surface area contributed by atoms with Gasteiger partial charge in [-0.2, -0.15) is 0 Å². The molecule has 0 aliphatic carbocycles. The molecule has 0 spiro atoms. The number of nitrogens with zero attached hydrogens (tertiary/aromatic N) is 2. The van der Waals surface area contributed by atoms with E-state index in [1.54, 1.807) is 17.2 Å². The van der Waals surface area contributed by atoms with Gasteiger partial charge in [0.1, 0.15) is 6.54 Å². The second-order valence-corrected chi connectivity index (χ2v) is 5.73. The highest BCUT2D eigenvalue weighted by molar-refractivity contribution is 7.07. The summed E-state index contributed by atoms with van der Waals surface area (Å²) in [6, 6.07) is -0.0223. The third-order valence-corrected chi connectivity index (χ3v) is 3.88. The van der Waals surface area contributed by atoms with Crippen molar-refractivity contribution in [1.82, 2.24) is 9.47 Å². The molecule has 0 aliphatic rings. The van der Waals surface area contributed by atoms with Gasteiger partial charge < -0.3 is 10.0 Å². The predicted molar refractivity (Wildman–Crippen MR) is 77.0 cm³/mol. The molecule has 1 heterocycles. The summed E-state index contributed by atoms with van der Waals surface area (Å²) >= 11 is 1.07. The molecule has 0 atom stereocenters. The molecule has 1 rings (SSSR count). The van der Waals surface area contributed by atoms with Crippen LogP contribution in [0.1, 0.15) is 32.4 Å². The number of amides is 1. The van der Waals surface area contributed by atoms with Gasteiger partial charge in [-0.25, -0.2) is 0 Å². The zero-order valence-electron chi connectivity index (χ0n) is 12.0. The molecule has 20 heavy (non-hydrogen) atoms. The van der Waals surface area contributed by atoms with Crippen LogP contribution in [0.2, 0.25) is 0 Å². The van der Waals surface area contributed by atoms with Gasteiger partial charge in [0.2, 0.25) is 5.91 Å². The smallest absolute Gasteiger partial charge is 0.307 e. The van der Waals surface area contributed by atoms with E-state index in [9.17, 15) is 14.4 Å². The van der Waals surface area contributed by atoms with E-state index in [0.29, 0.717) is 13.0 Å². The molecule has 0 radical (unpaired) electrons. The van der Waals surface area contributed by atoms with Crippen LogP contribution < -0.4 is 4.87 Å². The van der Waals surface area contributed by atoms with E-state index in [-0.39, 0.29) is 29.8 Å². The molecule has 0 saturated heterocycles. The Kier molecular flexibility index (Phi) is 5.94. The number of aliphatic carboxylic acids is 1. The average molecular weight is 300 g/mol. The fraction of sp³-hybridized carbons (Fsp3) is 0.615. The molecule has 1 N–H and O–H groups in total. The number of carboxylic acid groups (broad SMARTS) is 1. The molecular weight excluding hydrogens is 280 g/mol. The molecule has 0 fully saturated rings. The topological polar surface area (TPSA) is 79.6 Å². The number of hydrogen-bond donors (Lipinski definition) is 1. The zero-order chi connectivity index (χ0) is 15.3. The van der Waals surface area contributed by atoms with Crippen molar-refractivity contribution >= 4 is 23.2 Å². The molecule has 0 bridgehead atoms. The van der Waals surface area contributed by atoms with Gasteiger partial charge in [-0.3, -0.25) is 19.0 Å². The minimum Gasteiger partial charge on any atom is -0.481 e. The highest BCUT2D eigenvalue weighted by Crippen LogP contribution is 2.06. The van der Waals surface area contributed by atoms with Crippen LogP contribution in [0.3, 0.4) is 0 Å². The summed E-state index contributed by atoms with van der Waals surface area (Å²) in [5, 5.41) is 10.4. The Bertz CT molecular complexity index is 533. The Morgan fingerprint density at radius 3 is 2.55 bits per heavy atom. The van der Waals surface area contributed by atoms with Crippen LogP contribution in [-0.4, -0.2) is 39.0 Å². The lowest BCUT2D eigenvalue weighted by Gasteiger charge is -2.27. The summed E-state index contributed by atoms with van der Waals surface area (Å²) < 4.78 is 1.44. The van der Waals surface area contributed by atoms with E-state index in [1.165, 1.54) is 4.57 Å². The standard InChI is InChI=1S/C13H20N2O4S/c1-9(2)14(6-4-5-12(17)18)11(16)7-15-10(3)8-20-13(15)19/h8-9H,4-7H2,1-3H3,(H,17,18). The van der Waals surface area contributed by atoms with Gasteiger partial charge in [0.05, 0.1) is 0 Å². The summed E-state index contributed by atoms with van der Waals surface area (Å²) in [6.07, 6.45) is 0.449. The molecule has 0 aliphatic heterocycles. The van der Waals surface area contributed by atoms with E-state index in [1.807, 2.05) is 13.8 Å². The maximum atomic E-state index is 12.3. The average Bonchev–Trinajstić information content (AvgIpc) is 2.65. The Hall–Kier alpha value is -1.63. The number of hydrogen-bond acceptors (Lipinski definition) is 4. The maximum Gasteiger partial charge on any atom is 0.307 e. The molecule has 7 heteroatoms. The first kappa shape index (κ1) is 16.4. The van der Waals surface area contributed by atoms with E-state index in [2.05, 4.69) is 0 Å². The van der Waals surface area contributed by atoms with E-state index in [4.69, 9.17) is 5.11 Å². The first-order valence-corrected chi connectivity index (χ1v) is 7.37. The number of rotatable bonds is 7. The van der Waals surface area contributed by atoms with Crippen molar-refractivity contribution in [3.63, 3.8) is 0 Å². The minimum absolute atomic E-state index is 0.0133. The highest BCUT2D eigenvalue weighted by atomic mass is 32.1. The summed E-state index contributed by atoms with van der Waals surface area (Å²) in [5.74, 6) is -1.03. The molecular formula is C13H20N2O4S. The number of carbonyl (C=O) groups excluding carboxylic acids is 1. The lowest BCUT2D eigenvalue weighted by Crippen LogP contribution is -2.41. The second-order valence-electron chi connectivity index (χ2n) is 4.91. The summed E-state index contributed by atoms with van der Waals surface area (Å²) in [6.45, 7) is 5.94. The van der Waals surface area contributed by atoms with Crippen molar-refractivity contribution in [3.05, 3.63) is 20.7 Å². The predicted octanol–water partition coefficient (Wildman–Crippen LogP) is 1.32. The Morgan fingerprint density at radius 1 is 1.45 bits per heavy atom. The van der Waals surface area contributed by atoms with Gasteiger partial charge in [0.25, 0.3) is 0 Å². The van der Waals surface area contributed by atoms with Crippen molar-refractivity contribution in [3.8, 4) is 0 Å². The monoisotopic (exact) mass is 300 g/mol. The van der Waals surface area contributed by atoms with Crippen LogP contribution in [0.25, 0.3) is 0 Å². The quantitative estimate of drug-likeness (QED) is 0.823. The van der Waals surface area contributed by atoms with E-state index < -0.39 is 5.97 Å². The fourth-order valence-electron chi connectivity index (χ4n) is 1.89. The van der Waals surface area contributed by atoms with Crippen LogP contribution in [-0.2, 0) is 16.1 Å². The van der Waals surface area contributed by atoms with Crippen molar-refractivity contribution in [2.24, 2.45) is 0 Å². The summed E-state index contributed by atoms with van der Waals surface area (Å²) in [5.41, 5.74) is 0.766. The van der Waals surface area contributed by atoms with Crippen molar-refractivity contribution in [2.75, 3.05) is 6.54 Å². The normalized spacial score (nSPS) is 10.8. The van der Waals surface area contributed by atoms with Gasteiger partial charge in [-0.05, 0) is 27.2 Å².